The Morgan fingerprint density at radius 1 is 0.958 bits per heavy atom. The van der Waals surface area contributed by atoms with Gasteiger partial charge in [-0.3, -0.25) is 0 Å². The number of rotatable bonds is 9. The van der Waals surface area contributed by atoms with Gasteiger partial charge in [0.05, 0.1) is 0 Å². The van der Waals surface area contributed by atoms with E-state index in [4.69, 9.17) is 9.47 Å². The van der Waals surface area contributed by atoms with Crippen molar-refractivity contribution in [2.24, 2.45) is 17.3 Å². The molecule has 0 aromatic carbocycles. The molecular formula is C19H36GeO4. The molecule has 4 nitrogen and oxygen atoms in total. The summed E-state index contributed by atoms with van der Waals surface area (Å²) in [6.45, 7) is 13.1. The van der Waals surface area contributed by atoms with E-state index in [1.807, 2.05) is 0 Å². The average molecular weight is 401 g/mol. The molecule has 0 bridgehead atoms. The normalized spacial score (nSPS) is 23.1. The third-order valence-electron chi connectivity index (χ3n) is 6.36. The van der Waals surface area contributed by atoms with Gasteiger partial charge in [0.1, 0.15) is 0 Å². The SMILES string of the molecule is C[CH2][Ge]([CH2]C)([CH2]C)[CH2][C@@H]1CC(COC(C)=O)(COC(C)=O)C[C@H]1C. The predicted molar refractivity (Wildman–Crippen MR) is 99.6 cm³/mol. The summed E-state index contributed by atoms with van der Waals surface area (Å²) in [6, 6.07) is 0. The molecule has 0 amide bonds. The first-order chi connectivity index (χ1) is 11.2. The van der Waals surface area contributed by atoms with Gasteiger partial charge in [-0.15, -0.1) is 0 Å². The first-order valence-electron chi connectivity index (χ1n) is 9.48. The number of carbonyl (C=O) groups excluding carboxylic acids is 2. The van der Waals surface area contributed by atoms with Gasteiger partial charge in [-0.05, 0) is 0 Å². The van der Waals surface area contributed by atoms with Crippen molar-refractivity contribution >= 4 is 25.2 Å². The monoisotopic (exact) mass is 402 g/mol. The van der Waals surface area contributed by atoms with Gasteiger partial charge >= 0.3 is 150 Å². The molecule has 140 valence electrons. The molecule has 1 aliphatic carbocycles. The fraction of sp³-hybridized carbons (Fsp3) is 0.895. The Labute approximate surface area is 150 Å². The van der Waals surface area contributed by atoms with Crippen molar-refractivity contribution in [3.8, 4) is 0 Å². The zero-order valence-corrected chi connectivity index (χ0v) is 18.5. The second-order valence-corrected chi connectivity index (χ2v) is 19.6. The van der Waals surface area contributed by atoms with Gasteiger partial charge in [-0.25, -0.2) is 0 Å². The fourth-order valence-corrected chi connectivity index (χ4v) is 12.9. The van der Waals surface area contributed by atoms with Crippen LogP contribution < -0.4 is 0 Å². The molecule has 0 unspecified atom stereocenters. The molecule has 0 radical (unpaired) electrons. The van der Waals surface area contributed by atoms with Crippen LogP contribution >= 0.6 is 0 Å². The quantitative estimate of drug-likeness (QED) is 0.417. The summed E-state index contributed by atoms with van der Waals surface area (Å²) in [4.78, 5) is 22.6. The van der Waals surface area contributed by atoms with Crippen LogP contribution in [0.1, 0.15) is 54.4 Å². The third-order valence-corrected chi connectivity index (χ3v) is 18.7. The van der Waals surface area contributed by atoms with E-state index in [0.717, 1.165) is 12.8 Å². The van der Waals surface area contributed by atoms with Gasteiger partial charge in [0, 0.05) is 0 Å². The summed E-state index contributed by atoms with van der Waals surface area (Å²) in [5, 5.41) is 5.55. The van der Waals surface area contributed by atoms with Gasteiger partial charge in [-0.1, -0.05) is 0 Å². The van der Waals surface area contributed by atoms with Crippen LogP contribution in [0.4, 0.5) is 0 Å². The summed E-state index contributed by atoms with van der Waals surface area (Å²) >= 11 is -1.75. The van der Waals surface area contributed by atoms with E-state index in [0.29, 0.717) is 25.0 Å². The van der Waals surface area contributed by atoms with E-state index in [1.165, 1.54) is 34.9 Å². The maximum absolute atomic E-state index is 11.3. The summed E-state index contributed by atoms with van der Waals surface area (Å²) < 4.78 is 10.7. The minimum atomic E-state index is -1.75. The number of esters is 2. The summed E-state index contributed by atoms with van der Waals surface area (Å²) in [5.41, 5.74) is -0.190. The van der Waals surface area contributed by atoms with E-state index in [1.54, 1.807) is 0 Å². The van der Waals surface area contributed by atoms with Gasteiger partial charge in [0.2, 0.25) is 0 Å². The molecule has 0 spiro atoms. The number of hydrogen-bond acceptors (Lipinski definition) is 4. The first-order valence-corrected chi connectivity index (χ1v) is 15.4. The Kier molecular flexibility index (Phi) is 8.30. The Morgan fingerprint density at radius 3 is 1.79 bits per heavy atom. The Bertz CT molecular complexity index is 405. The predicted octanol–water partition coefficient (Wildman–Crippen LogP) is 4.65. The number of hydrogen-bond donors (Lipinski definition) is 0. The molecule has 24 heavy (non-hydrogen) atoms. The standard InChI is InChI=1S/C19H36GeO4/c1-7-20(8-2,9-3)12-18-11-19(10-15(18)4,13-23-16(5)21)14-24-17(6)22/h15,18H,7-14H2,1-6H3/t15-,18+/m1/s1. The molecule has 2 atom stereocenters. The molecule has 0 saturated heterocycles. The van der Waals surface area contributed by atoms with Crippen LogP contribution in [-0.2, 0) is 19.1 Å². The molecule has 1 saturated carbocycles. The van der Waals surface area contributed by atoms with Crippen LogP contribution in [0.2, 0.25) is 21.0 Å². The summed E-state index contributed by atoms with van der Waals surface area (Å²) in [5.74, 6) is 0.772. The fourth-order valence-electron chi connectivity index (χ4n) is 4.49. The second kappa shape index (κ2) is 9.26. The van der Waals surface area contributed by atoms with E-state index in [-0.39, 0.29) is 17.4 Å². The minimum absolute atomic E-state index is 0.190. The molecule has 1 rings (SSSR count). The van der Waals surface area contributed by atoms with Gasteiger partial charge < -0.3 is 0 Å². The Balaban J connectivity index is 2.87. The molecule has 0 N–H and O–H groups in total. The molecule has 5 heteroatoms. The van der Waals surface area contributed by atoms with Crippen molar-refractivity contribution in [2.45, 2.75) is 75.4 Å². The van der Waals surface area contributed by atoms with Crippen molar-refractivity contribution in [1.82, 2.24) is 0 Å². The molecule has 1 aliphatic rings. The van der Waals surface area contributed by atoms with E-state index in [2.05, 4.69) is 27.7 Å². The molecule has 0 aromatic rings. The van der Waals surface area contributed by atoms with Crippen molar-refractivity contribution in [3.05, 3.63) is 0 Å². The molecule has 0 heterocycles. The van der Waals surface area contributed by atoms with Crippen molar-refractivity contribution in [1.29, 1.82) is 0 Å². The van der Waals surface area contributed by atoms with E-state index in [9.17, 15) is 9.59 Å². The van der Waals surface area contributed by atoms with Gasteiger partial charge in [0.25, 0.3) is 0 Å². The topological polar surface area (TPSA) is 52.6 Å². The number of carbonyl (C=O) groups is 2. The zero-order valence-electron chi connectivity index (χ0n) is 16.4. The zero-order chi connectivity index (χ0) is 18.4. The van der Waals surface area contributed by atoms with Crippen LogP contribution in [0, 0.1) is 17.3 Å². The average Bonchev–Trinajstić information content (AvgIpc) is 2.85. The van der Waals surface area contributed by atoms with Gasteiger partial charge in [-0.2, -0.15) is 0 Å². The second-order valence-electron chi connectivity index (χ2n) is 7.97. The number of ether oxygens (including phenoxy) is 2. The van der Waals surface area contributed by atoms with Crippen molar-refractivity contribution < 1.29 is 19.1 Å². The van der Waals surface area contributed by atoms with Crippen LogP contribution in [0.15, 0.2) is 0 Å². The molecular weight excluding hydrogens is 365 g/mol. The molecule has 0 aromatic heterocycles. The first kappa shape index (κ1) is 21.5. The summed E-state index contributed by atoms with van der Waals surface area (Å²) in [6.07, 6.45) is 2.00. The molecule has 0 aliphatic heterocycles. The van der Waals surface area contributed by atoms with Crippen molar-refractivity contribution in [2.75, 3.05) is 13.2 Å². The van der Waals surface area contributed by atoms with Crippen LogP contribution in [0.25, 0.3) is 0 Å². The van der Waals surface area contributed by atoms with Crippen LogP contribution in [0.3, 0.4) is 0 Å². The Hall–Kier alpha value is -0.517. The van der Waals surface area contributed by atoms with E-state index < -0.39 is 13.3 Å². The van der Waals surface area contributed by atoms with Gasteiger partial charge in [0.15, 0.2) is 0 Å². The third kappa shape index (κ3) is 5.78. The van der Waals surface area contributed by atoms with Crippen LogP contribution in [-0.4, -0.2) is 38.4 Å². The Morgan fingerprint density at radius 2 is 1.42 bits per heavy atom. The molecule has 1 fully saturated rings. The maximum atomic E-state index is 11.3. The van der Waals surface area contributed by atoms with Crippen molar-refractivity contribution in [3.63, 3.8) is 0 Å². The van der Waals surface area contributed by atoms with E-state index >= 15 is 0 Å². The van der Waals surface area contributed by atoms with Crippen LogP contribution in [0.5, 0.6) is 0 Å². The summed E-state index contributed by atoms with van der Waals surface area (Å²) in [7, 11) is 0.